The van der Waals surface area contributed by atoms with Crippen LogP contribution in [0, 0.1) is 23.7 Å². The number of benzene rings is 1. The number of methoxy groups -OCH3 is 1. The molecule has 3 heteroatoms. The molecule has 0 saturated carbocycles. The van der Waals surface area contributed by atoms with E-state index in [1.54, 1.807) is 7.11 Å². The standard InChI is InChI=1S/C22H32O3/c1-7-8-9-15(2)17(4)18(5)21-16(3)14-24-22(25-21)19-10-12-20(23-6)13-11-19/h7-13,15-18,21-22H,1,14H2,2-6H3/b9-8-/t15-,16?,17?,18?,21?,22?/m0/s1. The lowest BCUT2D eigenvalue weighted by atomic mass is 9.78. The van der Waals surface area contributed by atoms with Crippen molar-refractivity contribution >= 4 is 0 Å². The molecule has 1 saturated heterocycles. The first-order valence-corrected chi connectivity index (χ1v) is 9.18. The number of hydrogen-bond donors (Lipinski definition) is 0. The van der Waals surface area contributed by atoms with E-state index >= 15 is 0 Å². The lowest BCUT2D eigenvalue weighted by Crippen LogP contribution is -2.41. The van der Waals surface area contributed by atoms with Crippen LogP contribution in [0.1, 0.15) is 39.5 Å². The summed E-state index contributed by atoms with van der Waals surface area (Å²) < 4.78 is 17.6. The van der Waals surface area contributed by atoms with Gasteiger partial charge in [0.05, 0.1) is 19.8 Å². The Labute approximate surface area is 152 Å². The summed E-state index contributed by atoms with van der Waals surface area (Å²) in [6, 6.07) is 7.92. The van der Waals surface area contributed by atoms with Crippen molar-refractivity contribution in [2.45, 2.75) is 40.1 Å². The van der Waals surface area contributed by atoms with Crippen LogP contribution in [0.15, 0.2) is 49.1 Å². The molecule has 0 bridgehead atoms. The summed E-state index contributed by atoms with van der Waals surface area (Å²) in [7, 11) is 1.67. The minimum atomic E-state index is -0.305. The molecule has 0 spiro atoms. The highest BCUT2D eigenvalue weighted by atomic mass is 16.7. The first-order valence-electron chi connectivity index (χ1n) is 9.18. The lowest BCUT2D eigenvalue weighted by Gasteiger charge is -2.41. The van der Waals surface area contributed by atoms with Gasteiger partial charge in [0.2, 0.25) is 0 Å². The van der Waals surface area contributed by atoms with Crippen LogP contribution in [0.5, 0.6) is 5.75 Å². The van der Waals surface area contributed by atoms with Crippen LogP contribution in [0.3, 0.4) is 0 Å². The molecule has 1 aliphatic rings. The lowest BCUT2D eigenvalue weighted by molar-refractivity contribution is -0.253. The molecular weight excluding hydrogens is 312 g/mol. The molecule has 25 heavy (non-hydrogen) atoms. The van der Waals surface area contributed by atoms with E-state index in [9.17, 15) is 0 Å². The average molecular weight is 344 g/mol. The zero-order chi connectivity index (χ0) is 18.4. The third kappa shape index (κ3) is 4.96. The average Bonchev–Trinajstić information content (AvgIpc) is 2.65. The smallest absolute Gasteiger partial charge is 0.184 e. The molecule has 2 rings (SSSR count). The van der Waals surface area contributed by atoms with Crippen LogP contribution in [0.25, 0.3) is 0 Å². The summed E-state index contributed by atoms with van der Waals surface area (Å²) in [6.45, 7) is 13.5. The van der Waals surface area contributed by atoms with Crippen molar-refractivity contribution in [3.05, 3.63) is 54.6 Å². The van der Waals surface area contributed by atoms with E-state index in [2.05, 4.69) is 40.3 Å². The Kier molecular flexibility index (Phi) is 7.27. The number of ether oxygens (including phenoxy) is 3. The van der Waals surface area contributed by atoms with Crippen molar-refractivity contribution in [2.24, 2.45) is 23.7 Å². The highest BCUT2D eigenvalue weighted by Gasteiger charge is 2.36. The van der Waals surface area contributed by atoms with E-state index < -0.39 is 0 Å². The normalized spacial score (nSPS) is 27.6. The molecule has 0 radical (unpaired) electrons. The number of allylic oxidation sites excluding steroid dienone is 3. The summed E-state index contributed by atoms with van der Waals surface area (Å²) in [5.74, 6) is 2.64. The Morgan fingerprint density at radius 1 is 1.20 bits per heavy atom. The van der Waals surface area contributed by atoms with E-state index in [4.69, 9.17) is 14.2 Å². The van der Waals surface area contributed by atoms with Gasteiger partial charge in [-0.05, 0) is 29.9 Å². The van der Waals surface area contributed by atoms with Gasteiger partial charge in [-0.1, -0.05) is 64.6 Å². The second-order valence-electron chi connectivity index (χ2n) is 7.21. The maximum absolute atomic E-state index is 6.39. The molecule has 1 aliphatic heterocycles. The number of rotatable bonds is 7. The van der Waals surface area contributed by atoms with E-state index in [0.29, 0.717) is 23.7 Å². The Balaban J connectivity index is 2.08. The van der Waals surface area contributed by atoms with Crippen LogP contribution in [-0.4, -0.2) is 19.8 Å². The van der Waals surface area contributed by atoms with E-state index in [1.165, 1.54) is 0 Å². The maximum atomic E-state index is 6.39. The van der Waals surface area contributed by atoms with Crippen LogP contribution < -0.4 is 4.74 Å². The molecule has 1 fully saturated rings. The predicted octanol–water partition coefficient (Wildman–Crippen LogP) is 5.40. The van der Waals surface area contributed by atoms with Gasteiger partial charge in [-0.2, -0.15) is 0 Å². The van der Waals surface area contributed by atoms with Gasteiger partial charge in [-0.3, -0.25) is 0 Å². The van der Waals surface area contributed by atoms with Crippen LogP contribution in [-0.2, 0) is 9.47 Å². The predicted molar refractivity (Wildman–Crippen MR) is 103 cm³/mol. The van der Waals surface area contributed by atoms with Gasteiger partial charge in [-0.25, -0.2) is 0 Å². The van der Waals surface area contributed by atoms with Crippen LogP contribution in [0.2, 0.25) is 0 Å². The summed E-state index contributed by atoms with van der Waals surface area (Å²) in [5.41, 5.74) is 1.04. The Hall–Kier alpha value is -1.58. The van der Waals surface area contributed by atoms with Crippen molar-refractivity contribution in [1.29, 1.82) is 0 Å². The number of hydrogen-bond acceptors (Lipinski definition) is 3. The molecule has 0 aromatic heterocycles. The first-order chi connectivity index (χ1) is 12.0. The van der Waals surface area contributed by atoms with Gasteiger partial charge >= 0.3 is 0 Å². The highest BCUT2D eigenvalue weighted by Crippen LogP contribution is 2.37. The molecule has 3 nitrogen and oxygen atoms in total. The Morgan fingerprint density at radius 3 is 2.48 bits per heavy atom. The summed E-state index contributed by atoms with van der Waals surface area (Å²) in [6.07, 6.45) is 5.96. The fraction of sp³-hybridized carbons (Fsp3) is 0.545. The molecule has 1 aromatic rings. The van der Waals surface area contributed by atoms with Gasteiger partial charge in [0.15, 0.2) is 6.29 Å². The molecule has 6 atom stereocenters. The largest absolute Gasteiger partial charge is 0.497 e. The van der Waals surface area contributed by atoms with E-state index in [1.807, 2.05) is 36.4 Å². The van der Waals surface area contributed by atoms with Gasteiger partial charge in [0.25, 0.3) is 0 Å². The van der Waals surface area contributed by atoms with Crippen LogP contribution in [0.4, 0.5) is 0 Å². The molecule has 1 aromatic carbocycles. The minimum Gasteiger partial charge on any atom is -0.497 e. The molecule has 0 amide bonds. The monoisotopic (exact) mass is 344 g/mol. The first kappa shape index (κ1) is 19.7. The second-order valence-corrected chi connectivity index (χ2v) is 7.21. The molecular formula is C22H32O3. The van der Waals surface area contributed by atoms with Crippen molar-refractivity contribution in [3.8, 4) is 5.75 Å². The second kappa shape index (κ2) is 9.21. The molecule has 138 valence electrons. The summed E-state index contributed by atoms with van der Waals surface area (Å²) >= 11 is 0. The summed E-state index contributed by atoms with van der Waals surface area (Å²) in [5, 5.41) is 0. The molecule has 1 heterocycles. The van der Waals surface area contributed by atoms with Crippen molar-refractivity contribution in [3.63, 3.8) is 0 Å². The van der Waals surface area contributed by atoms with Crippen molar-refractivity contribution < 1.29 is 14.2 Å². The topological polar surface area (TPSA) is 27.7 Å². The Bertz CT molecular complexity index is 563. The third-order valence-electron chi connectivity index (χ3n) is 5.47. The van der Waals surface area contributed by atoms with Gasteiger partial charge in [0.1, 0.15) is 5.75 Å². The third-order valence-corrected chi connectivity index (χ3v) is 5.47. The molecule has 0 aliphatic carbocycles. The fourth-order valence-electron chi connectivity index (χ4n) is 3.44. The van der Waals surface area contributed by atoms with Crippen LogP contribution >= 0.6 is 0 Å². The van der Waals surface area contributed by atoms with E-state index in [-0.39, 0.29) is 12.4 Å². The Morgan fingerprint density at radius 2 is 1.88 bits per heavy atom. The van der Waals surface area contributed by atoms with Crippen molar-refractivity contribution in [2.75, 3.05) is 13.7 Å². The highest BCUT2D eigenvalue weighted by molar-refractivity contribution is 5.28. The maximum Gasteiger partial charge on any atom is 0.184 e. The zero-order valence-electron chi connectivity index (χ0n) is 16.1. The fourth-order valence-corrected chi connectivity index (χ4v) is 3.44. The van der Waals surface area contributed by atoms with E-state index in [0.717, 1.165) is 17.9 Å². The molecule has 0 N–H and O–H groups in total. The zero-order valence-corrected chi connectivity index (χ0v) is 16.1. The van der Waals surface area contributed by atoms with Gasteiger partial charge in [0, 0.05) is 11.5 Å². The minimum absolute atomic E-state index is 0.176. The van der Waals surface area contributed by atoms with Gasteiger partial charge in [-0.15, -0.1) is 0 Å². The van der Waals surface area contributed by atoms with Crippen molar-refractivity contribution in [1.82, 2.24) is 0 Å². The summed E-state index contributed by atoms with van der Waals surface area (Å²) in [4.78, 5) is 0. The SMILES string of the molecule is C=C/C=C\[C@H](C)C(C)C(C)C1OC(c2ccc(OC)cc2)OCC1C. The van der Waals surface area contributed by atoms with Gasteiger partial charge < -0.3 is 14.2 Å². The quantitative estimate of drug-likeness (QED) is 0.620. The molecule has 5 unspecified atom stereocenters.